The van der Waals surface area contributed by atoms with Gasteiger partial charge < -0.3 is 15.4 Å². The van der Waals surface area contributed by atoms with Crippen molar-refractivity contribution in [1.29, 1.82) is 0 Å². The second kappa shape index (κ2) is 5.19. The van der Waals surface area contributed by atoms with E-state index in [2.05, 4.69) is 17.6 Å². The molecule has 1 fully saturated rings. The molecule has 2 rings (SSSR count). The van der Waals surface area contributed by atoms with Crippen LogP contribution < -0.4 is 15.4 Å². The molecule has 92 valence electrons. The van der Waals surface area contributed by atoms with E-state index < -0.39 is 0 Å². The summed E-state index contributed by atoms with van der Waals surface area (Å²) in [5.74, 6) is 1.23. The lowest BCUT2D eigenvalue weighted by atomic mass is 10.0. The summed E-state index contributed by atoms with van der Waals surface area (Å²) in [5.41, 5.74) is 0.803. The Kier molecular flexibility index (Phi) is 3.64. The van der Waals surface area contributed by atoms with Crippen LogP contribution in [0.1, 0.15) is 13.3 Å². The summed E-state index contributed by atoms with van der Waals surface area (Å²) in [6, 6.07) is 7.28. The number of hydrogen-bond donors (Lipinski definition) is 2. The number of carbonyl (C=O) groups is 1. The number of rotatable bonds is 3. The minimum atomic E-state index is -0.0721. The Bertz CT molecular complexity index is 389. The van der Waals surface area contributed by atoms with Crippen molar-refractivity contribution < 1.29 is 9.53 Å². The van der Waals surface area contributed by atoms with E-state index >= 15 is 0 Å². The number of hydrogen-bond acceptors (Lipinski definition) is 3. The van der Waals surface area contributed by atoms with Crippen LogP contribution in [-0.2, 0) is 4.79 Å². The summed E-state index contributed by atoms with van der Waals surface area (Å²) >= 11 is 0. The third kappa shape index (κ3) is 2.77. The van der Waals surface area contributed by atoms with Crippen molar-refractivity contribution in [3.8, 4) is 5.75 Å². The van der Waals surface area contributed by atoms with Crippen LogP contribution >= 0.6 is 0 Å². The Morgan fingerprint density at radius 1 is 1.41 bits per heavy atom. The van der Waals surface area contributed by atoms with E-state index in [0.29, 0.717) is 5.92 Å². The van der Waals surface area contributed by atoms with Gasteiger partial charge in [-0.1, -0.05) is 6.92 Å². The number of carbonyl (C=O) groups excluding carboxylic acids is 1. The first-order chi connectivity index (χ1) is 8.20. The van der Waals surface area contributed by atoms with E-state index in [4.69, 9.17) is 4.74 Å². The molecule has 0 spiro atoms. The predicted molar refractivity (Wildman–Crippen MR) is 67.2 cm³/mol. The zero-order valence-electron chi connectivity index (χ0n) is 10.2. The van der Waals surface area contributed by atoms with Crippen molar-refractivity contribution >= 4 is 11.6 Å². The maximum atomic E-state index is 12.0. The highest BCUT2D eigenvalue weighted by Gasteiger charge is 2.29. The van der Waals surface area contributed by atoms with Crippen molar-refractivity contribution in [2.24, 2.45) is 5.92 Å². The first-order valence-electron chi connectivity index (χ1n) is 5.89. The molecule has 1 amide bonds. The Labute approximate surface area is 101 Å². The van der Waals surface area contributed by atoms with Crippen molar-refractivity contribution in [2.45, 2.75) is 19.4 Å². The van der Waals surface area contributed by atoms with E-state index in [1.54, 1.807) is 7.11 Å². The molecular weight excluding hydrogens is 216 g/mol. The van der Waals surface area contributed by atoms with E-state index in [1.165, 1.54) is 0 Å². The molecule has 0 bridgehead atoms. The number of ether oxygens (including phenoxy) is 1. The first kappa shape index (κ1) is 11.9. The van der Waals surface area contributed by atoms with Crippen molar-refractivity contribution in [3.05, 3.63) is 24.3 Å². The number of methoxy groups -OCH3 is 1. The standard InChI is InChI=1S/C13H18N2O2/c1-9-7-8-14-12(9)13(16)15-10-3-5-11(17-2)6-4-10/h3-6,9,12,14H,7-8H2,1-2H3,(H,15,16). The van der Waals surface area contributed by atoms with Crippen molar-refractivity contribution in [1.82, 2.24) is 5.32 Å². The molecule has 4 nitrogen and oxygen atoms in total. The maximum Gasteiger partial charge on any atom is 0.241 e. The van der Waals surface area contributed by atoms with Gasteiger partial charge in [0.1, 0.15) is 5.75 Å². The summed E-state index contributed by atoms with van der Waals surface area (Å²) in [5, 5.41) is 6.12. The fourth-order valence-corrected chi connectivity index (χ4v) is 2.08. The summed E-state index contributed by atoms with van der Waals surface area (Å²) < 4.78 is 5.07. The Hall–Kier alpha value is -1.55. The first-order valence-corrected chi connectivity index (χ1v) is 5.89. The molecule has 2 N–H and O–H groups in total. The summed E-state index contributed by atoms with van der Waals surface area (Å²) in [6.45, 7) is 3.01. The second-order valence-electron chi connectivity index (χ2n) is 4.42. The van der Waals surface area contributed by atoms with E-state index in [1.807, 2.05) is 24.3 Å². The Balaban J connectivity index is 1.97. The lowest BCUT2D eigenvalue weighted by Gasteiger charge is -2.15. The topological polar surface area (TPSA) is 50.4 Å². The van der Waals surface area contributed by atoms with Crippen LogP contribution in [0.2, 0.25) is 0 Å². The SMILES string of the molecule is COc1ccc(NC(=O)C2NCCC2C)cc1. The third-order valence-electron chi connectivity index (χ3n) is 3.17. The average Bonchev–Trinajstić information content (AvgIpc) is 2.76. The normalized spacial score (nSPS) is 23.4. The molecule has 1 aliphatic heterocycles. The minimum absolute atomic E-state index is 0.0418. The molecule has 1 aromatic rings. The average molecular weight is 234 g/mol. The van der Waals surface area contributed by atoms with Crippen LogP contribution in [0.3, 0.4) is 0 Å². The maximum absolute atomic E-state index is 12.0. The van der Waals surface area contributed by atoms with Gasteiger partial charge in [-0.15, -0.1) is 0 Å². The molecule has 17 heavy (non-hydrogen) atoms. The third-order valence-corrected chi connectivity index (χ3v) is 3.17. The molecular formula is C13H18N2O2. The van der Waals surface area contributed by atoms with Crippen LogP contribution in [0.5, 0.6) is 5.75 Å². The zero-order valence-corrected chi connectivity index (χ0v) is 10.2. The molecule has 2 atom stereocenters. The number of amides is 1. The Morgan fingerprint density at radius 2 is 2.12 bits per heavy atom. The molecule has 2 unspecified atom stereocenters. The molecule has 1 heterocycles. The summed E-state index contributed by atoms with van der Waals surface area (Å²) in [6.07, 6.45) is 1.06. The van der Waals surface area contributed by atoms with Crippen LogP contribution in [0.15, 0.2) is 24.3 Å². The van der Waals surface area contributed by atoms with Gasteiger partial charge in [-0.2, -0.15) is 0 Å². The van der Waals surface area contributed by atoms with Crippen LogP contribution in [0.4, 0.5) is 5.69 Å². The van der Waals surface area contributed by atoms with Crippen molar-refractivity contribution in [2.75, 3.05) is 19.0 Å². The van der Waals surface area contributed by atoms with Crippen LogP contribution in [0.25, 0.3) is 0 Å². The fraction of sp³-hybridized carbons (Fsp3) is 0.462. The molecule has 0 radical (unpaired) electrons. The van der Waals surface area contributed by atoms with E-state index in [-0.39, 0.29) is 11.9 Å². The van der Waals surface area contributed by atoms with Gasteiger partial charge in [0.05, 0.1) is 13.2 Å². The highest BCUT2D eigenvalue weighted by Crippen LogP contribution is 2.18. The largest absolute Gasteiger partial charge is 0.497 e. The number of anilines is 1. The highest BCUT2D eigenvalue weighted by molar-refractivity contribution is 5.95. The molecule has 0 aliphatic carbocycles. The molecule has 1 saturated heterocycles. The van der Waals surface area contributed by atoms with Crippen LogP contribution in [0, 0.1) is 5.92 Å². The van der Waals surface area contributed by atoms with Crippen molar-refractivity contribution in [3.63, 3.8) is 0 Å². The lowest BCUT2D eigenvalue weighted by Crippen LogP contribution is -2.39. The second-order valence-corrected chi connectivity index (χ2v) is 4.42. The monoisotopic (exact) mass is 234 g/mol. The molecule has 4 heteroatoms. The van der Waals surface area contributed by atoms with Gasteiger partial charge >= 0.3 is 0 Å². The van der Waals surface area contributed by atoms with Gasteiger partial charge in [0.2, 0.25) is 5.91 Å². The number of benzene rings is 1. The predicted octanol–water partition coefficient (Wildman–Crippen LogP) is 1.63. The number of nitrogens with one attached hydrogen (secondary N) is 2. The van der Waals surface area contributed by atoms with Gasteiger partial charge in [0.25, 0.3) is 0 Å². The summed E-state index contributed by atoms with van der Waals surface area (Å²) in [4.78, 5) is 12.0. The van der Waals surface area contributed by atoms with Gasteiger partial charge in [0.15, 0.2) is 0 Å². The smallest absolute Gasteiger partial charge is 0.241 e. The Morgan fingerprint density at radius 3 is 2.65 bits per heavy atom. The summed E-state index contributed by atoms with van der Waals surface area (Å²) in [7, 11) is 1.62. The molecule has 1 aromatic carbocycles. The molecule has 0 saturated carbocycles. The van der Waals surface area contributed by atoms with E-state index in [0.717, 1.165) is 24.4 Å². The lowest BCUT2D eigenvalue weighted by molar-refractivity contribution is -0.118. The molecule has 1 aliphatic rings. The van der Waals surface area contributed by atoms with Crippen LogP contribution in [-0.4, -0.2) is 25.6 Å². The van der Waals surface area contributed by atoms with Gasteiger partial charge in [-0.3, -0.25) is 4.79 Å². The van der Waals surface area contributed by atoms with Gasteiger partial charge in [-0.25, -0.2) is 0 Å². The highest BCUT2D eigenvalue weighted by atomic mass is 16.5. The minimum Gasteiger partial charge on any atom is -0.497 e. The molecule has 0 aromatic heterocycles. The van der Waals surface area contributed by atoms with Gasteiger partial charge in [0, 0.05) is 5.69 Å². The van der Waals surface area contributed by atoms with E-state index in [9.17, 15) is 4.79 Å². The van der Waals surface area contributed by atoms with Gasteiger partial charge in [-0.05, 0) is 43.1 Å². The quantitative estimate of drug-likeness (QED) is 0.835. The fourth-order valence-electron chi connectivity index (χ4n) is 2.08. The zero-order chi connectivity index (χ0) is 12.3.